The molecule has 0 spiro atoms. The van der Waals surface area contributed by atoms with Crippen molar-refractivity contribution in [2.45, 2.75) is 52.1 Å². The van der Waals surface area contributed by atoms with E-state index in [1.165, 1.54) is 0 Å². The second-order valence-corrected chi connectivity index (χ2v) is 7.42. The summed E-state index contributed by atoms with van der Waals surface area (Å²) in [6.07, 6.45) is 3.30. The van der Waals surface area contributed by atoms with E-state index in [2.05, 4.69) is 16.0 Å². The van der Waals surface area contributed by atoms with Gasteiger partial charge in [-0.2, -0.15) is 0 Å². The molecule has 0 bridgehead atoms. The Morgan fingerprint density at radius 1 is 1.04 bits per heavy atom. The van der Waals surface area contributed by atoms with Gasteiger partial charge in [0.2, 0.25) is 11.8 Å². The average Bonchev–Trinajstić information content (AvgIpc) is 3.08. The molecule has 0 unspecified atom stereocenters. The number of hydrogen-bond acceptors (Lipinski definition) is 4. The number of benzene rings is 1. The highest BCUT2D eigenvalue weighted by Gasteiger charge is 2.23. The van der Waals surface area contributed by atoms with Crippen molar-refractivity contribution in [1.82, 2.24) is 5.32 Å². The van der Waals surface area contributed by atoms with Gasteiger partial charge in [0, 0.05) is 5.92 Å². The number of carbonyl (C=O) groups is 3. The summed E-state index contributed by atoms with van der Waals surface area (Å²) in [6.45, 7) is 5.02. The van der Waals surface area contributed by atoms with Crippen LogP contribution < -0.4 is 16.0 Å². The number of carbonyl (C=O) groups excluding carboxylic acids is 3. The summed E-state index contributed by atoms with van der Waals surface area (Å²) in [5, 5.41) is 7.99. The minimum Gasteiger partial charge on any atom is -0.444 e. The molecule has 1 aliphatic carbocycles. The number of hydrogen-bond donors (Lipinski definition) is 3. The molecule has 0 saturated heterocycles. The van der Waals surface area contributed by atoms with E-state index in [0.29, 0.717) is 11.4 Å². The zero-order chi connectivity index (χ0) is 19.2. The van der Waals surface area contributed by atoms with E-state index >= 15 is 0 Å². The zero-order valence-corrected chi connectivity index (χ0v) is 15.6. The molecule has 1 aliphatic rings. The molecule has 0 radical (unpaired) electrons. The van der Waals surface area contributed by atoms with Gasteiger partial charge in [-0.25, -0.2) is 4.79 Å². The zero-order valence-electron chi connectivity index (χ0n) is 15.6. The fraction of sp³-hybridized carbons (Fsp3) is 0.526. The minimum atomic E-state index is -0.657. The molecule has 26 heavy (non-hydrogen) atoms. The number of para-hydroxylation sites is 2. The van der Waals surface area contributed by atoms with Crippen LogP contribution in [0.3, 0.4) is 0 Å². The van der Waals surface area contributed by atoms with Crippen molar-refractivity contribution in [1.29, 1.82) is 0 Å². The van der Waals surface area contributed by atoms with Gasteiger partial charge in [0.1, 0.15) is 12.1 Å². The van der Waals surface area contributed by atoms with Crippen LogP contribution in [0.5, 0.6) is 0 Å². The van der Waals surface area contributed by atoms with Crippen LogP contribution in [0.1, 0.15) is 46.5 Å². The first-order chi connectivity index (χ1) is 12.2. The molecule has 1 aromatic rings. The first kappa shape index (κ1) is 19.8. The van der Waals surface area contributed by atoms with E-state index in [9.17, 15) is 14.4 Å². The van der Waals surface area contributed by atoms with Crippen LogP contribution in [0.15, 0.2) is 24.3 Å². The van der Waals surface area contributed by atoms with E-state index in [4.69, 9.17) is 4.74 Å². The Bertz CT molecular complexity index is 661. The summed E-state index contributed by atoms with van der Waals surface area (Å²) in [6, 6.07) is 7.00. The Balaban J connectivity index is 1.89. The van der Waals surface area contributed by atoms with Gasteiger partial charge in [0.05, 0.1) is 11.4 Å². The first-order valence-corrected chi connectivity index (χ1v) is 8.91. The molecule has 1 aromatic carbocycles. The molecule has 7 heteroatoms. The maximum Gasteiger partial charge on any atom is 0.408 e. The van der Waals surface area contributed by atoms with Crippen LogP contribution >= 0.6 is 0 Å². The fourth-order valence-corrected chi connectivity index (χ4v) is 2.78. The number of ether oxygens (including phenoxy) is 1. The first-order valence-electron chi connectivity index (χ1n) is 8.91. The Morgan fingerprint density at radius 2 is 1.62 bits per heavy atom. The van der Waals surface area contributed by atoms with Gasteiger partial charge in [-0.3, -0.25) is 9.59 Å². The van der Waals surface area contributed by atoms with E-state index in [1.54, 1.807) is 45.0 Å². The molecule has 0 atom stereocenters. The predicted octanol–water partition coefficient (Wildman–Crippen LogP) is 3.28. The van der Waals surface area contributed by atoms with Crippen molar-refractivity contribution in [3.63, 3.8) is 0 Å². The highest BCUT2D eigenvalue weighted by atomic mass is 16.6. The summed E-state index contributed by atoms with van der Waals surface area (Å²) >= 11 is 0. The molecule has 0 heterocycles. The summed E-state index contributed by atoms with van der Waals surface area (Å²) in [7, 11) is 0. The Morgan fingerprint density at radius 3 is 2.19 bits per heavy atom. The van der Waals surface area contributed by atoms with Crippen molar-refractivity contribution in [3.8, 4) is 0 Å². The van der Waals surface area contributed by atoms with Gasteiger partial charge in [0.15, 0.2) is 0 Å². The molecule has 3 N–H and O–H groups in total. The monoisotopic (exact) mass is 361 g/mol. The highest BCUT2D eigenvalue weighted by molar-refractivity contribution is 6.01. The average molecular weight is 361 g/mol. The maximum atomic E-state index is 12.3. The van der Waals surface area contributed by atoms with Gasteiger partial charge < -0.3 is 20.7 Å². The topological polar surface area (TPSA) is 96.5 Å². The van der Waals surface area contributed by atoms with Gasteiger partial charge in [-0.15, -0.1) is 0 Å². The van der Waals surface area contributed by atoms with Gasteiger partial charge in [0.25, 0.3) is 0 Å². The maximum absolute atomic E-state index is 12.3. The van der Waals surface area contributed by atoms with Crippen molar-refractivity contribution < 1.29 is 19.1 Å². The van der Waals surface area contributed by atoms with E-state index in [0.717, 1.165) is 25.7 Å². The van der Waals surface area contributed by atoms with E-state index < -0.39 is 17.6 Å². The number of amides is 3. The molecule has 2 rings (SSSR count). The number of alkyl carbamates (subject to hydrolysis) is 1. The normalized spacial score (nSPS) is 14.6. The van der Waals surface area contributed by atoms with Gasteiger partial charge in [-0.1, -0.05) is 25.0 Å². The second-order valence-electron chi connectivity index (χ2n) is 7.42. The molecule has 0 aromatic heterocycles. The number of anilines is 2. The molecular formula is C19H27N3O4. The quantitative estimate of drug-likeness (QED) is 0.750. The fourth-order valence-electron chi connectivity index (χ4n) is 2.78. The van der Waals surface area contributed by atoms with Crippen LogP contribution in [0.25, 0.3) is 0 Å². The summed E-state index contributed by atoms with van der Waals surface area (Å²) in [5.41, 5.74) is 0.419. The largest absolute Gasteiger partial charge is 0.444 e. The third-order valence-electron chi connectivity index (χ3n) is 3.98. The summed E-state index contributed by atoms with van der Waals surface area (Å²) in [4.78, 5) is 36.0. The second kappa shape index (κ2) is 8.69. The van der Waals surface area contributed by atoms with E-state index in [1.807, 2.05) is 0 Å². The molecule has 7 nitrogen and oxygen atoms in total. The lowest BCUT2D eigenvalue weighted by Gasteiger charge is -2.19. The molecule has 0 aliphatic heterocycles. The molecular weight excluding hydrogens is 334 g/mol. The molecule has 3 amide bonds. The minimum absolute atomic E-state index is 0.0175. The van der Waals surface area contributed by atoms with Crippen LogP contribution in [-0.4, -0.2) is 30.1 Å². The lowest BCUT2D eigenvalue weighted by molar-refractivity contribution is -0.119. The molecule has 1 fully saturated rings. The van der Waals surface area contributed by atoms with Crippen LogP contribution in [0.4, 0.5) is 16.2 Å². The van der Waals surface area contributed by atoms with Crippen LogP contribution in [-0.2, 0) is 14.3 Å². The van der Waals surface area contributed by atoms with Crippen molar-refractivity contribution in [2.24, 2.45) is 5.92 Å². The van der Waals surface area contributed by atoms with Crippen LogP contribution in [0, 0.1) is 5.92 Å². The summed E-state index contributed by atoms with van der Waals surface area (Å²) < 4.78 is 5.08. The number of nitrogens with one attached hydrogen (secondary N) is 3. The lowest BCUT2D eigenvalue weighted by Crippen LogP contribution is -2.37. The molecule has 1 saturated carbocycles. The highest BCUT2D eigenvalue weighted by Crippen LogP contribution is 2.28. The van der Waals surface area contributed by atoms with E-state index in [-0.39, 0.29) is 18.4 Å². The standard InChI is InChI=1S/C19H27N3O4/c1-19(2,3)26-18(25)20-12-16(23)21-14-10-6-7-11-15(14)22-17(24)13-8-4-5-9-13/h6-7,10-11,13H,4-5,8-9,12H2,1-3H3,(H,20,25)(H,21,23)(H,22,24). The molecule has 142 valence electrons. The SMILES string of the molecule is CC(C)(C)OC(=O)NCC(=O)Nc1ccccc1NC(=O)C1CCCC1. The van der Waals surface area contributed by atoms with Crippen LogP contribution in [0.2, 0.25) is 0 Å². The predicted molar refractivity (Wildman–Crippen MR) is 99.9 cm³/mol. The van der Waals surface area contributed by atoms with Crippen molar-refractivity contribution in [3.05, 3.63) is 24.3 Å². The van der Waals surface area contributed by atoms with Gasteiger partial charge in [-0.05, 0) is 45.7 Å². The number of rotatable bonds is 5. The Kier molecular flexibility index (Phi) is 6.60. The van der Waals surface area contributed by atoms with Gasteiger partial charge >= 0.3 is 6.09 Å². The van der Waals surface area contributed by atoms with Crippen molar-refractivity contribution >= 4 is 29.3 Å². The lowest BCUT2D eigenvalue weighted by atomic mass is 10.1. The third-order valence-corrected chi connectivity index (χ3v) is 3.98. The third kappa shape index (κ3) is 6.38. The van der Waals surface area contributed by atoms with Crippen molar-refractivity contribution in [2.75, 3.05) is 17.2 Å². The smallest absolute Gasteiger partial charge is 0.408 e. The summed E-state index contributed by atoms with van der Waals surface area (Å²) in [5.74, 6) is -0.387. The Hall–Kier alpha value is -2.57. The Labute approximate surface area is 153 Å².